The van der Waals surface area contributed by atoms with Crippen molar-refractivity contribution in [2.24, 2.45) is 0 Å². The van der Waals surface area contributed by atoms with Crippen LogP contribution in [0.25, 0.3) is 0 Å². The fraction of sp³-hybridized carbons (Fsp3) is 0.700. The third-order valence-corrected chi connectivity index (χ3v) is 2.52. The van der Waals surface area contributed by atoms with Gasteiger partial charge in [-0.05, 0) is 32.9 Å². The van der Waals surface area contributed by atoms with Crippen molar-refractivity contribution in [2.45, 2.75) is 31.7 Å². The quantitative estimate of drug-likeness (QED) is 0.692. The van der Waals surface area contributed by atoms with Crippen molar-refractivity contribution in [1.82, 2.24) is 14.9 Å². The van der Waals surface area contributed by atoms with Gasteiger partial charge in [-0.3, -0.25) is 0 Å². The first-order valence-corrected chi connectivity index (χ1v) is 5.07. The zero-order valence-electron chi connectivity index (χ0n) is 8.16. The normalized spacial score (nSPS) is 16.4. The van der Waals surface area contributed by atoms with Crippen molar-refractivity contribution >= 4 is 0 Å². The number of nitrogens with one attached hydrogen (secondary N) is 1. The Morgan fingerprint density at radius 3 is 3.15 bits per heavy atom. The van der Waals surface area contributed by atoms with Crippen LogP contribution in [0.1, 0.15) is 31.0 Å². The first-order valence-electron chi connectivity index (χ1n) is 5.07. The van der Waals surface area contributed by atoms with E-state index >= 15 is 0 Å². The lowest BCUT2D eigenvalue weighted by Crippen LogP contribution is -2.11. The Bertz CT molecular complexity index is 263. The molecule has 1 saturated carbocycles. The molecule has 13 heavy (non-hydrogen) atoms. The minimum absolute atomic E-state index is 0.768. The van der Waals surface area contributed by atoms with Crippen molar-refractivity contribution in [2.75, 3.05) is 13.6 Å². The molecule has 0 spiro atoms. The molecule has 1 aromatic heterocycles. The average molecular weight is 179 g/mol. The topological polar surface area (TPSA) is 29.9 Å². The number of aromatic nitrogens is 2. The maximum atomic E-state index is 4.40. The Morgan fingerprint density at radius 1 is 1.62 bits per heavy atom. The molecule has 3 nitrogen and oxygen atoms in total. The van der Waals surface area contributed by atoms with Crippen LogP contribution >= 0.6 is 0 Å². The monoisotopic (exact) mass is 179 g/mol. The van der Waals surface area contributed by atoms with Gasteiger partial charge in [0.2, 0.25) is 0 Å². The van der Waals surface area contributed by atoms with E-state index in [4.69, 9.17) is 0 Å². The predicted molar refractivity (Wildman–Crippen MR) is 52.7 cm³/mol. The largest absolute Gasteiger partial charge is 0.335 e. The SMILES string of the molecule is CNCCCn1ccnc1C1CC1. The summed E-state index contributed by atoms with van der Waals surface area (Å²) in [5, 5.41) is 3.16. The molecule has 0 atom stereocenters. The van der Waals surface area contributed by atoms with E-state index in [1.165, 1.54) is 25.1 Å². The van der Waals surface area contributed by atoms with Crippen LogP contribution in [0.4, 0.5) is 0 Å². The van der Waals surface area contributed by atoms with Crippen molar-refractivity contribution < 1.29 is 0 Å². The van der Waals surface area contributed by atoms with Crippen LogP contribution in [-0.2, 0) is 6.54 Å². The average Bonchev–Trinajstić information content (AvgIpc) is 2.88. The van der Waals surface area contributed by atoms with Gasteiger partial charge in [0.05, 0.1) is 0 Å². The molecule has 0 unspecified atom stereocenters. The van der Waals surface area contributed by atoms with Gasteiger partial charge >= 0.3 is 0 Å². The highest BCUT2D eigenvalue weighted by Crippen LogP contribution is 2.38. The zero-order valence-corrected chi connectivity index (χ0v) is 8.16. The molecule has 0 bridgehead atoms. The molecule has 1 aromatic rings. The molecule has 3 heteroatoms. The maximum Gasteiger partial charge on any atom is 0.111 e. The molecule has 0 aliphatic heterocycles. The Kier molecular flexibility index (Phi) is 2.64. The number of nitrogens with zero attached hydrogens (tertiary/aromatic N) is 2. The summed E-state index contributed by atoms with van der Waals surface area (Å²) in [6.07, 6.45) is 7.88. The predicted octanol–water partition coefficient (Wildman–Crippen LogP) is 1.37. The number of imidazole rings is 1. The Labute approximate surface area is 79.2 Å². The van der Waals surface area contributed by atoms with Crippen LogP contribution < -0.4 is 5.32 Å². The Morgan fingerprint density at radius 2 is 2.46 bits per heavy atom. The molecule has 0 amide bonds. The van der Waals surface area contributed by atoms with E-state index in [0.29, 0.717) is 0 Å². The fourth-order valence-corrected chi connectivity index (χ4v) is 1.64. The smallest absolute Gasteiger partial charge is 0.111 e. The Hall–Kier alpha value is -0.830. The zero-order chi connectivity index (χ0) is 9.10. The fourth-order valence-electron chi connectivity index (χ4n) is 1.64. The van der Waals surface area contributed by atoms with E-state index in [9.17, 15) is 0 Å². The molecule has 1 heterocycles. The summed E-state index contributed by atoms with van der Waals surface area (Å²) in [7, 11) is 2.00. The third-order valence-electron chi connectivity index (χ3n) is 2.52. The van der Waals surface area contributed by atoms with Gasteiger partial charge in [-0.1, -0.05) is 0 Å². The molecular formula is C10H17N3. The summed E-state index contributed by atoms with van der Waals surface area (Å²) in [5.74, 6) is 2.07. The molecule has 0 aromatic carbocycles. The van der Waals surface area contributed by atoms with Crippen molar-refractivity contribution in [3.05, 3.63) is 18.2 Å². The van der Waals surface area contributed by atoms with Gasteiger partial charge < -0.3 is 9.88 Å². The van der Waals surface area contributed by atoms with E-state index < -0.39 is 0 Å². The highest BCUT2D eigenvalue weighted by atomic mass is 15.1. The molecule has 1 N–H and O–H groups in total. The molecule has 72 valence electrons. The van der Waals surface area contributed by atoms with Gasteiger partial charge in [0, 0.05) is 24.9 Å². The second-order valence-electron chi connectivity index (χ2n) is 3.71. The molecule has 1 fully saturated rings. The van der Waals surface area contributed by atoms with Crippen molar-refractivity contribution in [3.63, 3.8) is 0 Å². The Balaban J connectivity index is 1.90. The summed E-state index contributed by atoms with van der Waals surface area (Å²) < 4.78 is 2.30. The van der Waals surface area contributed by atoms with Gasteiger partial charge in [0.25, 0.3) is 0 Å². The van der Waals surface area contributed by atoms with Gasteiger partial charge in [-0.25, -0.2) is 4.98 Å². The maximum absolute atomic E-state index is 4.40. The lowest BCUT2D eigenvalue weighted by Gasteiger charge is -2.05. The molecule has 0 saturated heterocycles. The van der Waals surface area contributed by atoms with Crippen LogP contribution in [0.15, 0.2) is 12.4 Å². The molecule has 1 aliphatic carbocycles. The van der Waals surface area contributed by atoms with Crippen LogP contribution in [-0.4, -0.2) is 23.1 Å². The first kappa shape index (κ1) is 8.75. The van der Waals surface area contributed by atoms with Gasteiger partial charge in [0.15, 0.2) is 0 Å². The number of aryl methyl sites for hydroxylation is 1. The van der Waals surface area contributed by atoms with E-state index in [1.54, 1.807) is 0 Å². The summed E-state index contributed by atoms with van der Waals surface area (Å²) in [6.45, 7) is 2.19. The molecule has 2 rings (SSSR count). The number of hydrogen-bond donors (Lipinski definition) is 1. The lowest BCUT2D eigenvalue weighted by molar-refractivity contribution is 0.590. The van der Waals surface area contributed by atoms with E-state index in [2.05, 4.69) is 21.1 Å². The highest BCUT2D eigenvalue weighted by molar-refractivity contribution is 5.07. The lowest BCUT2D eigenvalue weighted by atomic mass is 10.3. The number of hydrogen-bond acceptors (Lipinski definition) is 2. The van der Waals surface area contributed by atoms with Crippen molar-refractivity contribution in [3.8, 4) is 0 Å². The molecule has 0 radical (unpaired) electrons. The summed E-state index contributed by atoms with van der Waals surface area (Å²) >= 11 is 0. The van der Waals surface area contributed by atoms with Crippen LogP contribution in [0, 0.1) is 0 Å². The highest BCUT2D eigenvalue weighted by Gasteiger charge is 2.27. The molecular weight excluding hydrogens is 162 g/mol. The summed E-state index contributed by atoms with van der Waals surface area (Å²) in [4.78, 5) is 4.40. The summed E-state index contributed by atoms with van der Waals surface area (Å²) in [5.41, 5.74) is 0. The van der Waals surface area contributed by atoms with E-state index in [1.807, 2.05) is 13.2 Å². The van der Waals surface area contributed by atoms with Crippen molar-refractivity contribution in [1.29, 1.82) is 0 Å². The van der Waals surface area contributed by atoms with Gasteiger partial charge in [0.1, 0.15) is 5.82 Å². The standard InChI is InChI=1S/C10H17N3/c1-11-5-2-7-13-8-6-12-10(13)9-3-4-9/h6,8-9,11H,2-5,7H2,1H3. The van der Waals surface area contributed by atoms with E-state index in [0.717, 1.165) is 19.0 Å². The second kappa shape index (κ2) is 3.92. The van der Waals surface area contributed by atoms with Gasteiger partial charge in [-0.2, -0.15) is 0 Å². The first-order chi connectivity index (χ1) is 6.42. The van der Waals surface area contributed by atoms with Crippen LogP contribution in [0.2, 0.25) is 0 Å². The van der Waals surface area contributed by atoms with Crippen LogP contribution in [0.5, 0.6) is 0 Å². The molecule has 1 aliphatic rings. The summed E-state index contributed by atoms with van der Waals surface area (Å²) in [6, 6.07) is 0. The number of rotatable bonds is 5. The second-order valence-corrected chi connectivity index (χ2v) is 3.71. The van der Waals surface area contributed by atoms with Crippen LogP contribution in [0.3, 0.4) is 0 Å². The minimum Gasteiger partial charge on any atom is -0.335 e. The third kappa shape index (κ3) is 2.10. The van der Waals surface area contributed by atoms with Gasteiger partial charge in [-0.15, -0.1) is 0 Å². The van der Waals surface area contributed by atoms with E-state index in [-0.39, 0.29) is 0 Å². The minimum atomic E-state index is 0.768.